The number of amides is 1. The summed E-state index contributed by atoms with van der Waals surface area (Å²) in [6.07, 6.45) is 20.1. The lowest BCUT2D eigenvalue weighted by atomic mass is 9.92. The minimum Gasteiger partial charge on any atom is -0.504 e. The zero-order chi connectivity index (χ0) is 27.0. The first-order chi connectivity index (χ1) is 17.3. The number of ether oxygens (including phenoxy) is 1. The number of carboxylic acids is 1. The highest BCUT2D eigenvalue weighted by Gasteiger charge is 2.16. The molecule has 0 saturated carbocycles. The van der Waals surface area contributed by atoms with Crippen molar-refractivity contribution in [3.05, 3.63) is 23.8 Å². The van der Waals surface area contributed by atoms with E-state index in [9.17, 15) is 14.7 Å². The van der Waals surface area contributed by atoms with Crippen LogP contribution in [-0.4, -0.2) is 29.2 Å². The normalized spacial score (nSPS) is 11.4. The Labute approximate surface area is 220 Å². The minimum atomic E-state index is -0.661. The molecule has 208 valence electrons. The Hall–Kier alpha value is -2.24. The van der Waals surface area contributed by atoms with Crippen LogP contribution in [0, 0.1) is 5.92 Å². The number of primary amides is 1. The molecular formula is C30H53NO5. The predicted molar refractivity (Wildman–Crippen MR) is 149 cm³/mol. The van der Waals surface area contributed by atoms with Crippen LogP contribution < -0.4 is 10.5 Å². The lowest BCUT2D eigenvalue weighted by molar-refractivity contribution is -0.137. The third kappa shape index (κ3) is 19.0. The van der Waals surface area contributed by atoms with Crippen molar-refractivity contribution >= 4 is 11.9 Å². The maximum absolute atomic E-state index is 11.7. The van der Waals surface area contributed by atoms with E-state index in [1.807, 2.05) is 6.07 Å². The van der Waals surface area contributed by atoms with Gasteiger partial charge in [-0.05, 0) is 37.0 Å². The monoisotopic (exact) mass is 507 g/mol. The van der Waals surface area contributed by atoms with Crippen LogP contribution in [0.25, 0.3) is 0 Å². The average molecular weight is 508 g/mol. The van der Waals surface area contributed by atoms with E-state index >= 15 is 0 Å². The summed E-state index contributed by atoms with van der Waals surface area (Å²) in [6.45, 7) is 4.43. The van der Waals surface area contributed by atoms with Crippen LogP contribution in [0.3, 0.4) is 0 Å². The molecule has 0 aliphatic heterocycles. The molecule has 1 aromatic rings. The number of hydrogen-bond acceptors (Lipinski definition) is 4. The molecule has 0 aliphatic rings. The van der Waals surface area contributed by atoms with Gasteiger partial charge in [0.05, 0.1) is 7.11 Å². The van der Waals surface area contributed by atoms with Crippen molar-refractivity contribution in [3.8, 4) is 11.5 Å². The summed E-state index contributed by atoms with van der Waals surface area (Å²) < 4.78 is 5.11. The molecule has 1 atom stereocenters. The summed E-state index contributed by atoms with van der Waals surface area (Å²) in [5.41, 5.74) is 6.51. The second-order valence-corrected chi connectivity index (χ2v) is 9.84. The lowest BCUT2D eigenvalue weighted by Gasteiger charge is -2.14. The third-order valence-corrected chi connectivity index (χ3v) is 6.53. The van der Waals surface area contributed by atoms with Crippen molar-refractivity contribution in [2.75, 3.05) is 7.11 Å². The van der Waals surface area contributed by atoms with Crippen molar-refractivity contribution in [1.82, 2.24) is 0 Å². The van der Waals surface area contributed by atoms with Gasteiger partial charge in [-0.3, -0.25) is 9.59 Å². The number of nitrogens with two attached hydrogens (primary N) is 1. The van der Waals surface area contributed by atoms with Gasteiger partial charge < -0.3 is 20.7 Å². The molecular weight excluding hydrogens is 454 g/mol. The number of aromatic hydroxyl groups is 1. The summed E-state index contributed by atoms with van der Waals surface area (Å²) >= 11 is 0. The van der Waals surface area contributed by atoms with Gasteiger partial charge in [0.15, 0.2) is 11.5 Å². The Morgan fingerprint density at radius 1 is 0.833 bits per heavy atom. The van der Waals surface area contributed by atoms with Crippen LogP contribution in [-0.2, 0) is 16.0 Å². The Morgan fingerprint density at radius 2 is 1.33 bits per heavy atom. The van der Waals surface area contributed by atoms with Crippen LogP contribution >= 0.6 is 0 Å². The number of aliphatic carboxylic acids is 1. The molecule has 0 saturated heterocycles. The molecule has 0 heterocycles. The second-order valence-electron chi connectivity index (χ2n) is 9.84. The van der Waals surface area contributed by atoms with Crippen molar-refractivity contribution in [3.63, 3.8) is 0 Å². The van der Waals surface area contributed by atoms with Gasteiger partial charge >= 0.3 is 5.97 Å². The van der Waals surface area contributed by atoms with Gasteiger partial charge in [0.25, 0.3) is 0 Å². The third-order valence-electron chi connectivity index (χ3n) is 6.53. The van der Waals surface area contributed by atoms with Gasteiger partial charge in [-0.25, -0.2) is 0 Å². The zero-order valence-electron chi connectivity index (χ0n) is 23.2. The molecule has 0 spiro atoms. The molecule has 1 aromatic carbocycles. The molecule has 1 amide bonds. The smallest absolute Gasteiger partial charge is 0.303 e. The standard InChI is InChI=1S/C19H31NO3.C11H22O2/c1-3-4-5-6-7-8-9-10-16(19(20)22)13-15-11-12-17(21)18(14-15)23-2;1-2-3-4-5-6-7-8-9-10-11(12)13/h11-12,14,16,21H,3-10,13H2,1-2H3,(H2,20,22);2-10H2,1H3,(H,12,13). The maximum atomic E-state index is 11.7. The van der Waals surface area contributed by atoms with Gasteiger partial charge in [-0.2, -0.15) is 0 Å². The molecule has 0 fully saturated rings. The van der Waals surface area contributed by atoms with Gasteiger partial charge in [-0.15, -0.1) is 0 Å². The summed E-state index contributed by atoms with van der Waals surface area (Å²) in [7, 11) is 1.52. The van der Waals surface area contributed by atoms with Crippen LogP contribution in [0.15, 0.2) is 18.2 Å². The summed E-state index contributed by atoms with van der Waals surface area (Å²) in [5, 5.41) is 18.0. The second kappa shape index (κ2) is 23.2. The molecule has 36 heavy (non-hydrogen) atoms. The van der Waals surface area contributed by atoms with E-state index in [2.05, 4.69) is 13.8 Å². The van der Waals surface area contributed by atoms with Crippen molar-refractivity contribution in [1.29, 1.82) is 0 Å². The fourth-order valence-electron chi connectivity index (χ4n) is 4.24. The number of hydrogen-bond donors (Lipinski definition) is 3. The van der Waals surface area contributed by atoms with Gasteiger partial charge in [0.2, 0.25) is 5.91 Å². The molecule has 1 unspecified atom stereocenters. The molecule has 0 aromatic heterocycles. The molecule has 0 bridgehead atoms. The molecule has 0 radical (unpaired) electrons. The lowest BCUT2D eigenvalue weighted by Crippen LogP contribution is -2.25. The van der Waals surface area contributed by atoms with E-state index in [0.717, 1.165) is 37.7 Å². The van der Waals surface area contributed by atoms with Crippen molar-refractivity contribution in [2.24, 2.45) is 11.7 Å². The van der Waals surface area contributed by atoms with E-state index in [1.54, 1.807) is 12.1 Å². The van der Waals surface area contributed by atoms with E-state index in [1.165, 1.54) is 77.7 Å². The van der Waals surface area contributed by atoms with Crippen LogP contribution in [0.2, 0.25) is 0 Å². The maximum Gasteiger partial charge on any atom is 0.303 e. The number of phenols is 1. The van der Waals surface area contributed by atoms with Crippen LogP contribution in [0.1, 0.15) is 129 Å². The van der Waals surface area contributed by atoms with Crippen LogP contribution in [0.5, 0.6) is 11.5 Å². The number of carbonyl (C=O) groups excluding carboxylic acids is 1. The highest BCUT2D eigenvalue weighted by Crippen LogP contribution is 2.28. The summed E-state index contributed by atoms with van der Waals surface area (Å²) in [5.74, 6) is -0.519. The number of benzene rings is 1. The van der Waals surface area contributed by atoms with Gasteiger partial charge in [-0.1, -0.05) is 110 Å². The predicted octanol–water partition coefficient (Wildman–Crippen LogP) is 7.79. The first-order valence-corrected chi connectivity index (χ1v) is 14.2. The number of unbranched alkanes of at least 4 members (excludes halogenated alkanes) is 13. The molecule has 4 N–H and O–H groups in total. The fourth-order valence-corrected chi connectivity index (χ4v) is 4.24. The Kier molecular flexibility index (Phi) is 21.7. The number of methoxy groups -OCH3 is 1. The van der Waals surface area contributed by atoms with E-state index in [4.69, 9.17) is 15.6 Å². The molecule has 0 aliphatic carbocycles. The first kappa shape index (κ1) is 33.8. The summed E-state index contributed by atoms with van der Waals surface area (Å²) in [6, 6.07) is 5.19. The minimum absolute atomic E-state index is 0.110. The fraction of sp³-hybridized carbons (Fsp3) is 0.733. The van der Waals surface area contributed by atoms with Crippen molar-refractivity contribution in [2.45, 2.75) is 129 Å². The van der Waals surface area contributed by atoms with E-state index in [0.29, 0.717) is 18.6 Å². The number of phenolic OH excluding ortho intramolecular Hbond substituents is 1. The van der Waals surface area contributed by atoms with Gasteiger partial charge in [0.1, 0.15) is 0 Å². The van der Waals surface area contributed by atoms with Crippen LogP contribution in [0.4, 0.5) is 0 Å². The Morgan fingerprint density at radius 3 is 1.81 bits per heavy atom. The Bertz CT molecular complexity index is 692. The average Bonchev–Trinajstić information content (AvgIpc) is 2.85. The highest BCUT2D eigenvalue weighted by molar-refractivity contribution is 5.77. The number of rotatable bonds is 21. The molecule has 6 heteroatoms. The van der Waals surface area contributed by atoms with Crippen molar-refractivity contribution < 1.29 is 24.5 Å². The molecule has 6 nitrogen and oxygen atoms in total. The molecule has 1 rings (SSSR count). The number of carboxylic acid groups (broad SMARTS) is 1. The Balaban J connectivity index is 0.000000802. The number of carbonyl (C=O) groups is 2. The quantitative estimate of drug-likeness (QED) is 0.147. The van der Waals surface area contributed by atoms with Gasteiger partial charge in [0, 0.05) is 12.3 Å². The zero-order valence-corrected chi connectivity index (χ0v) is 23.2. The topological polar surface area (TPSA) is 110 Å². The van der Waals surface area contributed by atoms with E-state index < -0.39 is 5.97 Å². The SMILES string of the molecule is CCCCCCCCCC(Cc1ccc(O)c(OC)c1)C(N)=O.CCCCCCCCCCC(=O)O. The highest BCUT2D eigenvalue weighted by atomic mass is 16.5. The first-order valence-electron chi connectivity index (χ1n) is 14.2. The summed E-state index contributed by atoms with van der Waals surface area (Å²) in [4.78, 5) is 21.8. The largest absolute Gasteiger partial charge is 0.504 e. The van der Waals surface area contributed by atoms with E-state index in [-0.39, 0.29) is 17.6 Å².